The zero-order valence-electron chi connectivity index (χ0n) is 10.8. The van der Waals surface area contributed by atoms with Crippen LogP contribution in [0.2, 0.25) is 0 Å². The van der Waals surface area contributed by atoms with Crippen molar-refractivity contribution in [2.75, 3.05) is 6.54 Å². The molecule has 2 nitrogen and oxygen atoms in total. The molecule has 0 saturated carbocycles. The summed E-state index contributed by atoms with van der Waals surface area (Å²) in [6.07, 6.45) is 1.34. The van der Waals surface area contributed by atoms with E-state index in [-0.39, 0.29) is 6.10 Å². The van der Waals surface area contributed by atoms with Crippen molar-refractivity contribution in [1.29, 1.82) is 0 Å². The van der Waals surface area contributed by atoms with Crippen molar-refractivity contribution in [1.82, 2.24) is 5.32 Å². The third-order valence-corrected chi connectivity index (χ3v) is 2.73. The van der Waals surface area contributed by atoms with Crippen molar-refractivity contribution in [3.8, 4) is 5.75 Å². The predicted octanol–water partition coefficient (Wildman–Crippen LogP) is 3.15. The molecule has 0 bridgehead atoms. The number of aryl methyl sites for hydroxylation is 1. The first-order valence-corrected chi connectivity index (χ1v) is 6.10. The molecule has 0 aliphatic carbocycles. The van der Waals surface area contributed by atoms with E-state index in [1.807, 2.05) is 12.1 Å². The van der Waals surface area contributed by atoms with Crippen molar-refractivity contribution in [3.05, 3.63) is 29.8 Å². The molecule has 0 aromatic heterocycles. The predicted molar refractivity (Wildman–Crippen MR) is 69.0 cm³/mol. The van der Waals surface area contributed by atoms with Crippen LogP contribution in [0.25, 0.3) is 0 Å². The largest absolute Gasteiger partial charge is 0.489 e. The molecular weight excluding hydrogens is 198 g/mol. The van der Waals surface area contributed by atoms with E-state index in [1.54, 1.807) is 0 Å². The van der Waals surface area contributed by atoms with Crippen LogP contribution in [0.5, 0.6) is 5.75 Å². The van der Waals surface area contributed by atoms with Crippen LogP contribution in [0.1, 0.15) is 32.8 Å². The highest BCUT2D eigenvalue weighted by Gasteiger charge is 2.12. The molecule has 0 amide bonds. The van der Waals surface area contributed by atoms with Gasteiger partial charge in [0.15, 0.2) is 0 Å². The van der Waals surface area contributed by atoms with Crippen LogP contribution in [-0.4, -0.2) is 18.7 Å². The van der Waals surface area contributed by atoms with E-state index < -0.39 is 0 Å². The highest BCUT2D eigenvalue weighted by atomic mass is 16.5. The molecule has 1 aromatic rings. The standard InChI is InChI=1S/C14H23NO/c1-5-9-15-12(3)13(4)16-14-8-6-7-11(2)10-14/h6-8,10,12-13,15H,5,9H2,1-4H3. The normalized spacial score (nSPS) is 14.5. The van der Waals surface area contributed by atoms with Crippen molar-refractivity contribution in [2.45, 2.75) is 46.3 Å². The van der Waals surface area contributed by atoms with Gasteiger partial charge < -0.3 is 10.1 Å². The molecule has 90 valence electrons. The molecule has 0 radical (unpaired) electrons. The summed E-state index contributed by atoms with van der Waals surface area (Å²) in [5, 5.41) is 3.44. The van der Waals surface area contributed by atoms with Crippen LogP contribution in [-0.2, 0) is 0 Å². The SMILES string of the molecule is CCCNC(C)C(C)Oc1cccc(C)c1. The molecule has 0 spiro atoms. The molecule has 0 fully saturated rings. The van der Waals surface area contributed by atoms with Gasteiger partial charge in [-0.1, -0.05) is 19.1 Å². The maximum absolute atomic E-state index is 5.89. The highest BCUT2D eigenvalue weighted by molar-refractivity contribution is 5.27. The smallest absolute Gasteiger partial charge is 0.120 e. The second kappa shape index (κ2) is 6.54. The molecule has 0 saturated heterocycles. The second-order valence-corrected chi connectivity index (χ2v) is 4.38. The second-order valence-electron chi connectivity index (χ2n) is 4.38. The summed E-state index contributed by atoms with van der Waals surface area (Å²) in [5.74, 6) is 0.956. The summed E-state index contributed by atoms with van der Waals surface area (Å²) in [4.78, 5) is 0. The van der Waals surface area contributed by atoms with Gasteiger partial charge in [0.05, 0.1) is 0 Å². The topological polar surface area (TPSA) is 21.3 Å². The Morgan fingerprint density at radius 2 is 2.06 bits per heavy atom. The van der Waals surface area contributed by atoms with Crippen LogP contribution >= 0.6 is 0 Å². The third kappa shape index (κ3) is 4.23. The first-order valence-electron chi connectivity index (χ1n) is 6.10. The maximum atomic E-state index is 5.89. The summed E-state index contributed by atoms with van der Waals surface area (Å²) in [6.45, 7) is 9.57. The molecule has 0 aliphatic heterocycles. The first kappa shape index (κ1) is 13.0. The van der Waals surface area contributed by atoms with Gasteiger partial charge >= 0.3 is 0 Å². The van der Waals surface area contributed by atoms with Crippen LogP contribution in [0.4, 0.5) is 0 Å². The Balaban J connectivity index is 2.47. The lowest BCUT2D eigenvalue weighted by Gasteiger charge is -2.22. The van der Waals surface area contributed by atoms with Crippen LogP contribution in [0, 0.1) is 6.92 Å². The highest BCUT2D eigenvalue weighted by Crippen LogP contribution is 2.15. The summed E-state index contributed by atoms with van der Waals surface area (Å²) < 4.78 is 5.89. The van der Waals surface area contributed by atoms with Gasteiger partial charge in [-0.05, 0) is 51.4 Å². The molecular formula is C14H23NO. The van der Waals surface area contributed by atoms with Gasteiger partial charge in [0.25, 0.3) is 0 Å². The average molecular weight is 221 g/mol. The van der Waals surface area contributed by atoms with Gasteiger partial charge in [-0.2, -0.15) is 0 Å². The van der Waals surface area contributed by atoms with Crippen molar-refractivity contribution >= 4 is 0 Å². The number of hydrogen-bond acceptors (Lipinski definition) is 2. The third-order valence-electron chi connectivity index (χ3n) is 2.73. The molecule has 1 N–H and O–H groups in total. The Morgan fingerprint density at radius 3 is 2.69 bits per heavy atom. The van der Waals surface area contributed by atoms with E-state index in [2.05, 4.69) is 45.1 Å². The van der Waals surface area contributed by atoms with Crippen molar-refractivity contribution in [2.24, 2.45) is 0 Å². The van der Waals surface area contributed by atoms with E-state index in [0.717, 1.165) is 18.7 Å². The Hall–Kier alpha value is -1.02. The molecule has 0 heterocycles. The number of ether oxygens (including phenoxy) is 1. The van der Waals surface area contributed by atoms with E-state index in [1.165, 1.54) is 5.56 Å². The first-order chi connectivity index (χ1) is 7.63. The fraction of sp³-hybridized carbons (Fsp3) is 0.571. The number of nitrogens with one attached hydrogen (secondary N) is 1. The lowest BCUT2D eigenvalue weighted by atomic mass is 10.2. The summed E-state index contributed by atoms with van der Waals surface area (Å²) in [7, 11) is 0. The molecule has 2 atom stereocenters. The fourth-order valence-electron chi connectivity index (χ4n) is 1.54. The van der Waals surface area contributed by atoms with Crippen molar-refractivity contribution < 1.29 is 4.74 Å². The number of benzene rings is 1. The van der Waals surface area contributed by atoms with E-state index in [9.17, 15) is 0 Å². The fourth-order valence-corrected chi connectivity index (χ4v) is 1.54. The Morgan fingerprint density at radius 1 is 1.31 bits per heavy atom. The lowest BCUT2D eigenvalue weighted by Crippen LogP contribution is -2.39. The zero-order valence-corrected chi connectivity index (χ0v) is 10.8. The molecule has 1 aromatic carbocycles. The minimum atomic E-state index is 0.188. The molecule has 16 heavy (non-hydrogen) atoms. The Bertz CT molecular complexity index is 311. The number of rotatable bonds is 6. The van der Waals surface area contributed by atoms with Gasteiger partial charge in [-0.15, -0.1) is 0 Å². The van der Waals surface area contributed by atoms with Crippen molar-refractivity contribution in [3.63, 3.8) is 0 Å². The average Bonchev–Trinajstić information content (AvgIpc) is 2.25. The monoisotopic (exact) mass is 221 g/mol. The minimum absolute atomic E-state index is 0.188. The quantitative estimate of drug-likeness (QED) is 0.796. The molecule has 2 unspecified atom stereocenters. The zero-order chi connectivity index (χ0) is 12.0. The van der Waals surface area contributed by atoms with E-state index >= 15 is 0 Å². The van der Waals surface area contributed by atoms with Crippen LogP contribution in [0.15, 0.2) is 24.3 Å². The van der Waals surface area contributed by atoms with Gasteiger partial charge in [-0.25, -0.2) is 0 Å². The summed E-state index contributed by atoms with van der Waals surface area (Å²) in [6, 6.07) is 8.57. The lowest BCUT2D eigenvalue weighted by molar-refractivity contribution is 0.178. The Labute approximate surface area is 99.0 Å². The summed E-state index contributed by atoms with van der Waals surface area (Å²) >= 11 is 0. The van der Waals surface area contributed by atoms with E-state index in [4.69, 9.17) is 4.74 Å². The molecule has 1 rings (SSSR count). The van der Waals surface area contributed by atoms with Gasteiger partial charge in [-0.3, -0.25) is 0 Å². The van der Waals surface area contributed by atoms with Crippen LogP contribution < -0.4 is 10.1 Å². The molecule has 2 heteroatoms. The summed E-state index contributed by atoms with van der Waals surface area (Å²) in [5.41, 5.74) is 1.24. The minimum Gasteiger partial charge on any atom is -0.489 e. The molecule has 0 aliphatic rings. The number of hydrogen-bond donors (Lipinski definition) is 1. The van der Waals surface area contributed by atoms with Crippen LogP contribution in [0.3, 0.4) is 0 Å². The van der Waals surface area contributed by atoms with E-state index in [0.29, 0.717) is 6.04 Å². The van der Waals surface area contributed by atoms with Gasteiger partial charge in [0.2, 0.25) is 0 Å². The van der Waals surface area contributed by atoms with Gasteiger partial charge in [0, 0.05) is 6.04 Å². The van der Waals surface area contributed by atoms with Gasteiger partial charge in [0.1, 0.15) is 11.9 Å². The maximum Gasteiger partial charge on any atom is 0.120 e. The Kier molecular flexibility index (Phi) is 5.33.